The van der Waals surface area contributed by atoms with Crippen molar-refractivity contribution in [2.75, 3.05) is 0 Å². The lowest BCUT2D eigenvalue weighted by atomic mass is 10.2. The molecule has 1 aromatic heterocycles. The molecule has 0 fully saturated rings. The first-order valence-electron chi connectivity index (χ1n) is 3.68. The van der Waals surface area contributed by atoms with E-state index >= 15 is 0 Å². The Labute approximate surface area is 92.3 Å². The SMILES string of the molecule is OCc1csc2cc(I)c(F)cc12. The Morgan fingerprint density at radius 1 is 1.46 bits per heavy atom. The summed E-state index contributed by atoms with van der Waals surface area (Å²) in [6.45, 7) is -0.0277. The number of aliphatic hydroxyl groups excluding tert-OH is 1. The van der Waals surface area contributed by atoms with Crippen molar-refractivity contribution in [3.05, 3.63) is 32.5 Å². The molecule has 4 heteroatoms. The predicted molar refractivity (Wildman–Crippen MR) is 60.4 cm³/mol. The van der Waals surface area contributed by atoms with Crippen LogP contribution in [0.4, 0.5) is 4.39 Å². The van der Waals surface area contributed by atoms with Crippen LogP contribution < -0.4 is 0 Å². The van der Waals surface area contributed by atoms with Gasteiger partial charge in [0.1, 0.15) is 5.82 Å². The molecular weight excluding hydrogens is 302 g/mol. The lowest BCUT2D eigenvalue weighted by Gasteiger charge is -1.96. The van der Waals surface area contributed by atoms with Crippen LogP contribution in [0.5, 0.6) is 0 Å². The maximum Gasteiger partial charge on any atom is 0.137 e. The summed E-state index contributed by atoms with van der Waals surface area (Å²) in [6, 6.07) is 3.29. The van der Waals surface area contributed by atoms with Gasteiger partial charge in [-0.15, -0.1) is 11.3 Å². The van der Waals surface area contributed by atoms with Crippen molar-refractivity contribution in [1.82, 2.24) is 0 Å². The third-order valence-electron chi connectivity index (χ3n) is 1.87. The normalized spacial score (nSPS) is 11.0. The molecule has 0 aliphatic rings. The summed E-state index contributed by atoms with van der Waals surface area (Å²) in [4.78, 5) is 0. The number of halogens is 2. The van der Waals surface area contributed by atoms with E-state index in [1.165, 1.54) is 17.4 Å². The molecule has 0 aliphatic heterocycles. The van der Waals surface area contributed by atoms with E-state index in [9.17, 15) is 4.39 Å². The monoisotopic (exact) mass is 308 g/mol. The summed E-state index contributed by atoms with van der Waals surface area (Å²) in [5, 5.41) is 11.7. The first kappa shape index (κ1) is 9.36. The Morgan fingerprint density at radius 2 is 2.23 bits per heavy atom. The molecule has 1 aromatic carbocycles. The van der Waals surface area contributed by atoms with Gasteiger partial charge in [-0.05, 0) is 45.7 Å². The fraction of sp³-hybridized carbons (Fsp3) is 0.111. The third kappa shape index (κ3) is 1.58. The van der Waals surface area contributed by atoms with Crippen LogP contribution in [0.3, 0.4) is 0 Å². The fourth-order valence-electron chi connectivity index (χ4n) is 1.20. The molecule has 2 rings (SSSR count). The molecule has 2 aromatic rings. The van der Waals surface area contributed by atoms with Gasteiger partial charge in [-0.3, -0.25) is 0 Å². The van der Waals surface area contributed by atoms with E-state index in [4.69, 9.17) is 5.11 Å². The number of rotatable bonds is 1. The van der Waals surface area contributed by atoms with Crippen LogP contribution in [0.15, 0.2) is 17.5 Å². The summed E-state index contributed by atoms with van der Waals surface area (Å²) >= 11 is 3.49. The van der Waals surface area contributed by atoms with Gasteiger partial charge in [-0.1, -0.05) is 0 Å². The topological polar surface area (TPSA) is 20.2 Å². The lowest BCUT2D eigenvalue weighted by molar-refractivity contribution is 0.284. The number of benzene rings is 1. The second-order valence-corrected chi connectivity index (χ2v) is 4.75. The minimum Gasteiger partial charge on any atom is -0.392 e. The molecule has 0 amide bonds. The minimum absolute atomic E-state index is 0.0277. The Kier molecular flexibility index (Phi) is 2.53. The average Bonchev–Trinajstić information content (AvgIpc) is 2.48. The molecular formula is C9H6FIOS. The summed E-state index contributed by atoms with van der Waals surface area (Å²) < 4.78 is 14.8. The smallest absolute Gasteiger partial charge is 0.137 e. The van der Waals surface area contributed by atoms with Crippen LogP contribution in [-0.2, 0) is 6.61 Å². The van der Waals surface area contributed by atoms with Crippen LogP contribution in [-0.4, -0.2) is 5.11 Å². The largest absolute Gasteiger partial charge is 0.392 e. The van der Waals surface area contributed by atoms with Gasteiger partial charge in [0.25, 0.3) is 0 Å². The Balaban J connectivity index is 2.77. The standard InChI is InChI=1S/C9H6FIOS/c10-7-1-6-5(3-12)4-13-9(6)2-8(7)11/h1-2,4,12H,3H2. The number of fused-ring (bicyclic) bond motifs is 1. The maximum absolute atomic E-state index is 13.2. The quantitative estimate of drug-likeness (QED) is 0.803. The van der Waals surface area contributed by atoms with Crippen molar-refractivity contribution in [3.63, 3.8) is 0 Å². The molecule has 0 radical (unpaired) electrons. The highest BCUT2D eigenvalue weighted by Gasteiger charge is 2.07. The highest BCUT2D eigenvalue weighted by Crippen LogP contribution is 2.29. The average molecular weight is 308 g/mol. The second-order valence-electron chi connectivity index (χ2n) is 2.68. The van der Waals surface area contributed by atoms with Gasteiger partial charge in [0, 0.05) is 10.1 Å². The molecule has 0 saturated carbocycles. The Bertz CT molecular complexity index is 452. The maximum atomic E-state index is 13.2. The van der Waals surface area contributed by atoms with Gasteiger partial charge in [-0.25, -0.2) is 4.39 Å². The summed E-state index contributed by atoms with van der Waals surface area (Å²) in [6.07, 6.45) is 0. The highest BCUT2D eigenvalue weighted by molar-refractivity contribution is 14.1. The Morgan fingerprint density at radius 3 is 2.92 bits per heavy atom. The third-order valence-corrected chi connectivity index (χ3v) is 3.69. The molecule has 0 spiro atoms. The van der Waals surface area contributed by atoms with Crippen molar-refractivity contribution >= 4 is 44.0 Å². The molecule has 1 N–H and O–H groups in total. The van der Waals surface area contributed by atoms with E-state index in [0.717, 1.165) is 15.6 Å². The summed E-state index contributed by atoms with van der Waals surface area (Å²) in [5.41, 5.74) is 0.801. The molecule has 0 saturated heterocycles. The molecule has 1 nitrogen and oxygen atoms in total. The zero-order valence-electron chi connectivity index (χ0n) is 6.55. The van der Waals surface area contributed by atoms with Crippen molar-refractivity contribution in [2.24, 2.45) is 0 Å². The van der Waals surface area contributed by atoms with Crippen LogP contribution in [0.2, 0.25) is 0 Å². The Hall–Kier alpha value is -0.200. The highest BCUT2D eigenvalue weighted by atomic mass is 127. The van der Waals surface area contributed by atoms with E-state index in [-0.39, 0.29) is 12.4 Å². The fourth-order valence-corrected chi connectivity index (χ4v) is 2.85. The molecule has 0 atom stereocenters. The summed E-state index contributed by atoms with van der Waals surface area (Å²) in [7, 11) is 0. The number of thiophene rings is 1. The predicted octanol–water partition coefficient (Wildman–Crippen LogP) is 3.14. The van der Waals surface area contributed by atoms with E-state index in [2.05, 4.69) is 0 Å². The molecule has 0 aliphatic carbocycles. The molecule has 68 valence electrons. The van der Waals surface area contributed by atoms with Crippen LogP contribution in [0.1, 0.15) is 5.56 Å². The number of hydrogen-bond acceptors (Lipinski definition) is 2. The van der Waals surface area contributed by atoms with Gasteiger partial charge in [0.05, 0.1) is 10.2 Å². The van der Waals surface area contributed by atoms with Crippen LogP contribution in [0.25, 0.3) is 10.1 Å². The van der Waals surface area contributed by atoms with Crippen LogP contribution >= 0.6 is 33.9 Å². The van der Waals surface area contributed by atoms with E-state index in [1.54, 1.807) is 6.07 Å². The summed E-state index contributed by atoms with van der Waals surface area (Å²) in [5.74, 6) is -0.221. The molecule has 0 bridgehead atoms. The van der Waals surface area contributed by atoms with Crippen LogP contribution in [0, 0.1) is 9.39 Å². The number of hydrogen-bond donors (Lipinski definition) is 1. The first-order chi connectivity index (χ1) is 6.22. The zero-order valence-corrected chi connectivity index (χ0v) is 9.52. The van der Waals surface area contributed by atoms with E-state index in [0.29, 0.717) is 3.57 Å². The van der Waals surface area contributed by atoms with Gasteiger partial charge in [-0.2, -0.15) is 0 Å². The lowest BCUT2D eigenvalue weighted by Crippen LogP contribution is -1.83. The minimum atomic E-state index is -0.221. The van der Waals surface area contributed by atoms with E-state index in [1.807, 2.05) is 28.0 Å². The van der Waals surface area contributed by atoms with Gasteiger partial charge < -0.3 is 5.11 Å². The molecule has 1 heterocycles. The van der Waals surface area contributed by atoms with E-state index < -0.39 is 0 Å². The van der Waals surface area contributed by atoms with Gasteiger partial charge in [0.15, 0.2) is 0 Å². The zero-order chi connectivity index (χ0) is 9.42. The van der Waals surface area contributed by atoms with Crippen molar-refractivity contribution < 1.29 is 9.50 Å². The molecule has 0 unspecified atom stereocenters. The van der Waals surface area contributed by atoms with Crippen molar-refractivity contribution in [2.45, 2.75) is 6.61 Å². The van der Waals surface area contributed by atoms with Crippen molar-refractivity contribution in [3.8, 4) is 0 Å². The second kappa shape index (κ2) is 3.51. The molecule has 13 heavy (non-hydrogen) atoms. The van der Waals surface area contributed by atoms with Crippen molar-refractivity contribution in [1.29, 1.82) is 0 Å². The van der Waals surface area contributed by atoms with Gasteiger partial charge in [0.2, 0.25) is 0 Å². The number of aliphatic hydroxyl groups is 1. The first-order valence-corrected chi connectivity index (χ1v) is 5.64. The van der Waals surface area contributed by atoms with Gasteiger partial charge >= 0.3 is 0 Å².